The van der Waals surface area contributed by atoms with Gasteiger partial charge in [0.15, 0.2) is 0 Å². The Morgan fingerprint density at radius 2 is 1.44 bits per heavy atom. The molecule has 3 N–H and O–H groups in total. The third kappa shape index (κ3) is 7.73. The molecule has 9 nitrogen and oxygen atoms in total. The minimum atomic E-state index is -1.07. The summed E-state index contributed by atoms with van der Waals surface area (Å²) in [7, 11) is 2.04. The maximum absolute atomic E-state index is 13.8. The average molecular weight is 764 g/mol. The molecule has 50 heavy (non-hydrogen) atoms. The Morgan fingerprint density at radius 1 is 0.780 bits per heavy atom. The second kappa shape index (κ2) is 16.1. The van der Waals surface area contributed by atoms with E-state index in [-0.39, 0.29) is 23.5 Å². The van der Waals surface area contributed by atoms with E-state index in [1.54, 1.807) is 34.1 Å². The van der Waals surface area contributed by atoms with E-state index in [9.17, 15) is 19.5 Å². The third-order valence-corrected chi connectivity index (χ3v) is 12.0. The molecule has 0 aliphatic carbocycles. The van der Waals surface area contributed by atoms with E-state index in [4.69, 9.17) is 52.1 Å². The highest BCUT2D eigenvalue weighted by molar-refractivity contribution is 6.42. The number of carbonyl (C=O) groups excluding carboxylic acids is 2. The molecule has 0 bridgehead atoms. The molecule has 3 aromatic rings. The Balaban J connectivity index is 0.000000418. The van der Waals surface area contributed by atoms with Crippen LogP contribution >= 0.6 is 46.4 Å². The normalized spacial score (nSPS) is 24.4. The summed E-state index contributed by atoms with van der Waals surface area (Å²) in [4.78, 5) is 45.4. The van der Waals surface area contributed by atoms with E-state index in [0.717, 1.165) is 43.9 Å². The molecule has 3 amide bonds. The molecule has 0 radical (unpaired) electrons. The summed E-state index contributed by atoms with van der Waals surface area (Å²) in [6.45, 7) is 7.66. The van der Waals surface area contributed by atoms with Crippen molar-refractivity contribution in [1.29, 1.82) is 0 Å². The number of carbonyl (C=O) groups is 3. The van der Waals surface area contributed by atoms with Crippen molar-refractivity contribution in [3.8, 4) is 0 Å². The van der Waals surface area contributed by atoms with Crippen LogP contribution in [0.5, 0.6) is 0 Å². The van der Waals surface area contributed by atoms with Gasteiger partial charge in [-0.1, -0.05) is 95.8 Å². The monoisotopic (exact) mass is 761 g/mol. The Bertz CT molecular complexity index is 1690. The molecule has 6 rings (SSSR count). The van der Waals surface area contributed by atoms with Gasteiger partial charge in [-0.3, -0.25) is 14.5 Å². The summed E-state index contributed by atoms with van der Waals surface area (Å²) in [6.07, 6.45) is 1.49. The van der Waals surface area contributed by atoms with E-state index in [1.165, 1.54) is 0 Å². The minimum absolute atomic E-state index is 0.195. The molecule has 0 saturated carbocycles. The number of piperidine rings is 1. The van der Waals surface area contributed by atoms with E-state index >= 15 is 0 Å². The van der Waals surface area contributed by atoms with Gasteiger partial charge in [-0.2, -0.15) is 0 Å². The van der Waals surface area contributed by atoms with Crippen LogP contribution in [0.15, 0.2) is 66.7 Å². The van der Waals surface area contributed by atoms with Crippen LogP contribution in [0.2, 0.25) is 20.1 Å². The number of piperazine rings is 1. The SMILES string of the molecule is CCN1CCC(C(=O)O)(c2ccccc2)CC1C1(c2ccc(Cl)c(Cl)c2)CCN(C(=O)c2c(Cl)cccc2Cl)C1.CN1CCN(C(N)=O)CC1. The number of likely N-dealkylation sites (N-methyl/N-ethyl adjacent to an activating group) is 2. The van der Waals surface area contributed by atoms with Gasteiger partial charge in [0.2, 0.25) is 0 Å². The number of urea groups is 1. The zero-order valence-corrected chi connectivity index (χ0v) is 31.3. The first kappa shape index (κ1) is 38.2. The number of likely N-dealkylation sites (tertiary alicyclic amines) is 2. The average Bonchev–Trinajstić information content (AvgIpc) is 3.56. The van der Waals surface area contributed by atoms with Crippen LogP contribution in [-0.4, -0.2) is 108 Å². The van der Waals surface area contributed by atoms with E-state index in [1.807, 2.05) is 49.5 Å². The van der Waals surface area contributed by atoms with E-state index < -0.39 is 16.8 Å². The zero-order chi connectivity index (χ0) is 36.2. The van der Waals surface area contributed by atoms with Crippen LogP contribution in [0.4, 0.5) is 4.79 Å². The van der Waals surface area contributed by atoms with Crippen molar-refractivity contribution in [2.45, 2.75) is 43.1 Å². The van der Waals surface area contributed by atoms with Gasteiger partial charge in [0.25, 0.3) is 5.91 Å². The van der Waals surface area contributed by atoms with Crippen LogP contribution in [0, 0.1) is 0 Å². The highest BCUT2D eigenvalue weighted by Crippen LogP contribution is 2.50. The summed E-state index contributed by atoms with van der Waals surface area (Å²) in [5, 5.41) is 12.2. The van der Waals surface area contributed by atoms with Gasteiger partial charge in [0.1, 0.15) is 0 Å². The highest BCUT2D eigenvalue weighted by atomic mass is 35.5. The van der Waals surface area contributed by atoms with Crippen molar-refractivity contribution in [2.24, 2.45) is 5.73 Å². The smallest absolute Gasteiger partial charge is 0.314 e. The van der Waals surface area contributed by atoms with Crippen molar-refractivity contribution in [3.05, 3.63) is 104 Å². The maximum Gasteiger partial charge on any atom is 0.314 e. The van der Waals surface area contributed by atoms with Gasteiger partial charge >= 0.3 is 12.0 Å². The van der Waals surface area contributed by atoms with Gasteiger partial charge in [0, 0.05) is 50.7 Å². The topological polar surface area (TPSA) is 110 Å². The number of hydrogen-bond donors (Lipinski definition) is 2. The predicted molar refractivity (Wildman–Crippen MR) is 200 cm³/mol. The molecule has 3 heterocycles. The van der Waals surface area contributed by atoms with Crippen LogP contribution < -0.4 is 5.73 Å². The lowest BCUT2D eigenvalue weighted by atomic mass is 9.62. The number of amides is 3. The Kier molecular flexibility index (Phi) is 12.3. The first-order valence-electron chi connectivity index (χ1n) is 16.8. The molecule has 3 fully saturated rings. The second-order valence-electron chi connectivity index (χ2n) is 13.3. The molecule has 13 heteroatoms. The molecule has 3 aromatic carbocycles. The standard InChI is InChI=1S/C31H30Cl4N2O3.C6H13N3O/c1-2-36-15-13-30(29(39)40,20-7-4-3-5-8-20)18-26(36)31(21-11-12-22(32)25(35)17-21)14-16-37(19-31)28(38)27-23(33)9-6-10-24(27)34;1-8-2-4-9(5-3-8)6(7)10/h3-12,17,26H,2,13-16,18-19H2,1H3,(H,39,40);2-5H2,1H3,(H2,7,10). The zero-order valence-electron chi connectivity index (χ0n) is 28.3. The van der Waals surface area contributed by atoms with Crippen molar-refractivity contribution in [3.63, 3.8) is 0 Å². The summed E-state index contributed by atoms with van der Waals surface area (Å²) >= 11 is 25.7. The summed E-state index contributed by atoms with van der Waals surface area (Å²) in [5.74, 6) is -1.08. The summed E-state index contributed by atoms with van der Waals surface area (Å²) in [6, 6.07) is 19.6. The molecule has 268 valence electrons. The number of nitrogens with two attached hydrogens (primary N) is 1. The molecular weight excluding hydrogens is 720 g/mol. The quantitative estimate of drug-likeness (QED) is 0.283. The first-order valence-corrected chi connectivity index (χ1v) is 18.3. The number of carboxylic acid groups (broad SMARTS) is 1. The molecule has 3 saturated heterocycles. The number of carboxylic acids is 1. The van der Waals surface area contributed by atoms with Crippen molar-refractivity contribution in [2.75, 3.05) is 59.4 Å². The van der Waals surface area contributed by atoms with Crippen LogP contribution in [0.3, 0.4) is 0 Å². The fourth-order valence-corrected chi connectivity index (χ4v) is 8.57. The first-order chi connectivity index (χ1) is 23.8. The number of nitrogens with zero attached hydrogens (tertiary/aromatic N) is 4. The lowest BCUT2D eigenvalue weighted by Crippen LogP contribution is -2.60. The Morgan fingerprint density at radius 3 is 2.02 bits per heavy atom. The van der Waals surface area contributed by atoms with Gasteiger partial charge in [-0.15, -0.1) is 0 Å². The third-order valence-electron chi connectivity index (χ3n) is 10.7. The van der Waals surface area contributed by atoms with Gasteiger partial charge in [0.05, 0.1) is 31.1 Å². The summed E-state index contributed by atoms with van der Waals surface area (Å²) < 4.78 is 0. The molecule has 0 aromatic heterocycles. The summed E-state index contributed by atoms with van der Waals surface area (Å²) in [5.41, 5.74) is 5.41. The van der Waals surface area contributed by atoms with E-state index in [0.29, 0.717) is 59.0 Å². The maximum atomic E-state index is 13.8. The van der Waals surface area contributed by atoms with Crippen molar-refractivity contribution >= 4 is 64.3 Å². The van der Waals surface area contributed by atoms with Crippen LogP contribution in [-0.2, 0) is 15.6 Å². The van der Waals surface area contributed by atoms with E-state index in [2.05, 4.69) is 16.7 Å². The number of aliphatic carboxylic acids is 1. The number of primary amides is 1. The lowest BCUT2D eigenvalue weighted by molar-refractivity contribution is -0.147. The molecular formula is C37H43Cl4N5O4. The number of rotatable bonds is 6. The number of halogens is 4. The molecule has 3 aliphatic rings. The molecule has 3 aliphatic heterocycles. The number of benzene rings is 3. The molecule has 3 unspecified atom stereocenters. The Labute approximate surface area is 313 Å². The van der Waals surface area contributed by atoms with Gasteiger partial charge in [-0.25, -0.2) is 4.79 Å². The number of hydrogen-bond acceptors (Lipinski definition) is 5. The van der Waals surface area contributed by atoms with Crippen LogP contribution in [0.1, 0.15) is 47.7 Å². The second-order valence-corrected chi connectivity index (χ2v) is 15.0. The Hall–Kier alpha value is -3.05. The fraction of sp³-hybridized carbons (Fsp3) is 0.432. The van der Waals surface area contributed by atoms with Crippen LogP contribution in [0.25, 0.3) is 0 Å². The van der Waals surface area contributed by atoms with Gasteiger partial charge < -0.3 is 25.5 Å². The predicted octanol–water partition coefficient (Wildman–Crippen LogP) is 6.90. The molecule has 0 spiro atoms. The van der Waals surface area contributed by atoms with Gasteiger partial charge in [-0.05, 0) is 74.8 Å². The largest absolute Gasteiger partial charge is 0.481 e. The lowest BCUT2D eigenvalue weighted by Gasteiger charge is -2.52. The molecule has 3 atom stereocenters. The van der Waals surface area contributed by atoms with Crippen molar-refractivity contribution < 1.29 is 19.5 Å². The fourth-order valence-electron chi connectivity index (χ4n) is 7.71. The highest BCUT2D eigenvalue weighted by Gasteiger charge is 2.56. The van der Waals surface area contributed by atoms with Crippen molar-refractivity contribution in [1.82, 2.24) is 19.6 Å². The minimum Gasteiger partial charge on any atom is -0.481 e.